The number of rotatable bonds is 7. The minimum atomic E-state index is -3.93. The number of carbonyl (C=O) groups is 2. The van der Waals surface area contributed by atoms with E-state index in [0.717, 1.165) is 28.1 Å². The molecule has 118 valence electrons. The lowest BCUT2D eigenvalue weighted by Gasteiger charge is -2.16. The number of nitrogens with zero attached hydrogens (tertiary/aromatic N) is 1. The molecule has 1 heterocycles. The maximum absolute atomic E-state index is 12.3. The molecule has 0 radical (unpaired) electrons. The van der Waals surface area contributed by atoms with Crippen LogP contribution in [0, 0.1) is 0 Å². The van der Waals surface area contributed by atoms with E-state index in [2.05, 4.69) is 21.2 Å². The zero-order chi connectivity index (χ0) is 16.2. The van der Waals surface area contributed by atoms with Crippen LogP contribution in [0.5, 0.6) is 0 Å². The van der Waals surface area contributed by atoms with Crippen LogP contribution in [0.1, 0.15) is 23.0 Å². The largest absolute Gasteiger partial charge is 0.477 e. The molecule has 0 atom stereocenters. The predicted octanol–water partition coefficient (Wildman–Crippen LogP) is 1.36. The van der Waals surface area contributed by atoms with Crippen LogP contribution in [0.2, 0.25) is 0 Å². The number of amides is 1. The predicted molar refractivity (Wildman–Crippen MR) is 82.1 cm³/mol. The first-order valence-corrected chi connectivity index (χ1v) is 9.00. The Bertz CT molecular complexity index is 641. The molecule has 1 amide bonds. The molecule has 1 aromatic heterocycles. The standard InChI is InChI=1S/C11H15BrN2O5S2/c1-3-4-13-9(15)6-14(2)21(18,19)8-5-7(11(16)17)20-10(8)12/h5H,3-4,6H2,1-2H3,(H,13,15)(H,16,17). The second-order valence-corrected chi connectivity index (χ2v) is 8.55. The summed E-state index contributed by atoms with van der Waals surface area (Å²) in [4.78, 5) is 22.2. The smallest absolute Gasteiger partial charge is 0.345 e. The van der Waals surface area contributed by atoms with Crippen molar-refractivity contribution >= 4 is 49.2 Å². The molecule has 0 saturated heterocycles. The van der Waals surface area contributed by atoms with E-state index in [1.807, 2.05) is 6.92 Å². The molecule has 2 N–H and O–H groups in total. The average molecular weight is 399 g/mol. The molecule has 0 aromatic carbocycles. The van der Waals surface area contributed by atoms with Gasteiger partial charge in [0.25, 0.3) is 0 Å². The van der Waals surface area contributed by atoms with E-state index in [1.165, 1.54) is 7.05 Å². The summed E-state index contributed by atoms with van der Waals surface area (Å²) in [6.45, 7) is 2.03. The van der Waals surface area contributed by atoms with Crippen molar-refractivity contribution in [2.24, 2.45) is 0 Å². The second-order valence-electron chi connectivity index (χ2n) is 4.16. The van der Waals surface area contributed by atoms with Crippen molar-refractivity contribution in [1.82, 2.24) is 9.62 Å². The lowest BCUT2D eigenvalue weighted by molar-refractivity contribution is -0.121. The van der Waals surface area contributed by atoms with E-state index in [-0.39, 0.29) is 20.1 Å². The van der Waals surface area contributed by atoms with E-state index in [1.54, 1.807) is 0 Å². The van der Waals surface area contributed by atoms with Crippen LogP contribution in [-0.2, 0) is 14.8 Å². The van der Waals surface area contributed by atoms with Gasteiger partial charge in [-0.25, -0.2) is 13.2 Å². The van der Waals surface area contributed by atoms with Crippen molar-refractivity contribution < 1.29 is 23.1 Å². The fraction of sp³-hybridized carbons (Fsp3) is 0.455. The fourth-order valence-electron chi connectivity index (χ4n) is 1.41. The van der Waals surface area contributed by atoms with E-state index < -0.39 is 21.9 Å². The van der Waals surface area contributed by atoms with Gasteiger partial charge in [-0.05, 0) is 28.4 Å². The van der Waals surface area contributed by atoms with Crippen LogP contribution >= 0.6 is 27.3 Å². The van der Waals surface area contributed by atoms with Crippen molar-refractivity contribution in [3.63, 3.8) is 0 Å². The number of carboxylic acids is 1. The van der Waals surface area contributed by atoms with Crippen molar-refractivity contribution in [2.75, 3.05) is 20.1 Å². The zero-order valence-corrected chi connectivity index (χ0v) is 14.6. The van der Waals surface area contributed by atoms with Gasteiger partial charge in [-0.15, -0.1) is 11.3 Å². The Morgan fingerprint density at radius 3 is 2.57 bits per heavy atom. The average Bonchev–Trinajstić information content (AvgIpc) is 2.79. The van der Waals surface area contributed by atoms with E-state index in [9.17, 15) is 18.0 Å². The lowest BCUT2D eigenvalue weighted by Crippen LogP contribution is -2.38. The SMILES string of the molecule is CCCNC(=O)CN(C)S(=O)(=O)c1cc(C(=O)O)sc1Br. The zero-order valence-electron chi connectivity index (χ0n) is 11.4. The molecular weight excluding hydrogens is 384 g/mol. The van der Waals surface area contributed by atoms with Gasteiger partial charge in [0.1, 0.15) is 9.77 Å². The Morgan fingerprint density at radius 1 is 1.48 bits per heavy atom. The number of carbonyl (C=O) groups excluding carboxylic acids is 1. The minimum absolute atomic E-state index is 0.0933. The molecule has 0 aliphatic heterocycles. The van der Waals surface area contributed by atoms with Crippen LogP contribution in [0.3, 0.4) is 0 Å². The van der Waals surface area contributed by atoms with Crippen LogP contribution in [0.15, 0.2) is 14.7 Å². The Morgan fingerprint density at radius 2 is 2.10 bits per heavy atom. The fourth-order valence-corrected chi connectivity index (χ4v) is 4.88. The van der Waals surface area contributed by atoms with Crippen molar-refractivity contribution in [3.8, 4) is 0 Å². The molecule has 21 heavy (non-hydrogen) atoms. The summed E-state index contributed by atoms with van der Waals surface area (Å²) in [6, 6.07) is 1.08. The van der Waals surface area contributed by atoms with Crippen molar-refractivity contribution in [1.29, 1.82) is 0 Å². The van der Waals surface area contributed by atoms with Gasteiger partial charge in [0.05, 0.1) is 10.3 Å². The van der Waals surface area contributed by atoms with Crippen LogP contribution in [0.25, 0.3) is 0 Å². The molecule has 1 rings (SSSR count). The molecule has 0 aliphatic carbocycles. The van der Waals surface area contributed by atoms with Crippen LogP contribution in [0.4, 0.5) is 0 Å². The van der Waals surface area contributed by atoms with Gasteiger partial charge < -0.3 is 10.4 Å². The molecule has 0 bridgehead atoms. The summed E-state index contributed by atoms with van der Waals surface area (Å²) in [5.41, 5.74) is 0. The van der Waals surface area contributed by atoms with E-state index in [4.69, 9.17) is 5.11 Å². The number of carboxylic acid groups (broad SMARTS) is 1. The monoisotopic (exact) mass is 398 g/mol. The van der Waals surface area contributed by atoms with Gasteiger partial charge in [-0.2, -0.15) is 4.31 Å². The normalized spacial score (nSPS) is 11.6. The number of thiophene rings is 1. The summed E-state index contributed by atoms with van der Waals surface area (Å²) in [6.07, 6.45) is 0.750. The van der Waals surface area contributed by atoms with Gasteiger partial charge >= 0.3 is 5.97 Å². The summed E-state index contributed by atoms with van der Waals surface area (Å²) in [7, 11) is -2.66. The minimum Gasteiger partial charge on any atom is -0.477 e. The molecule has 0 unspecified atom stereocenters. The first-order valence-electron chi connectivity index (χ1n) is 5.95. The number of halogens is 1. The van der Waals surface area contributed by atoms with Crippen molar-refractivity contribution in [3.05, 3.63) is 14.7 Å². The lowest BCUT2D eigenvalue weighted by atomic mass is 10.4. The Kier molecular flexibility index (Phi) is 6.32. The number of hydrogen-bond acceptors (Lipinski definition) is 5. The highest BCUT2D eigenvalue weighted by Gasteiger charge is 2.28. The summed E-state index contributed by atoms with van der Waals surface area (Å²) in [5, 5.41) is 11.5. The highest BCUT2D eigenvalue weighted by Crippen LogP contribution is 2.33. The Balaban J connectivity index is 2.94. The van der Waals surface area contributed by atoms with Gasteiger partial charge in [-0.3, -0.25) is 4.79 Å². The molecule has 0 fully saturated rings. The summed E-state index contributed by atoms with van der Waals surface area (Å²) < 4.78 is 25.7. The molecule has 10 heteroatoms. The third kappa shape index (κ3) is 4.50. The number of aromatic carboxylic acids is 1. The molecular formula is C11H15BrN2O5S2. The first kappa shape index (κ1) is 18.1. The first-order chi connectivity index (χ1) is 9.70. The van der Waals surface area contributed by atoms with Gasteiger partial charge in [0, 0.05) is 13.6 Å². The molecule has 1 aromatic rings. The van der Waals surface area contributed by atoms with Gasteiger partial charge in [-0.1, -0.05) is 6.92 Å². The second kappa shape index (κ2) is 7.34. The Labute approximate surface area is 135 Å². The maximum Gasteiger partial charge on any atom is 0.345 e. The van der Waals surface area contributed by atoms with Crippen molar-refractivity contribution in [2.45, 2.75) is 18.2 Å². The molecule has 0 saturated carbocycles. The van der Waals surface area contributed by atoms with Gasteiger partial charge in [0.2, 0.25) is 15.9 Å². The number of nitrogens with one attached hydrogen (secondary N) is 1. The number of hydrogen-bond donors (Lipinski definition) is 2. The number of sulfonamides is 1. The van der Waals surface area contributed by atoms with Crippen LogP contribution in [-0.4, -0.2) is 49.8 Å². The third-order valence-corrected chi connectivity index (χ3v) is 6.54. The molecule has 0 aliphatic rings. The third-order valence-electron chi connectivity index (χ3n) is 2.49. The Hall–Kier alpha value is -0.970. The highest BCUT2D eigenvalue weighted by molar-refractivity contribution is 9.11. The van der Waals surface area contributed by atoms with Crippen LogP contribution < -0.4 is 5.32 Å². The highest BCUT2D eigenvalue weighted by atomic mass is 79.9. The maximum atomic E-state index is 12.3. The summed E-state index contributed by atoms with van der Waals surface area (Å²) in [5.74, 6) is -1.61. The number of likely N-dealkylation sites (N-methyl/N-ethyl adjacent to an activating group) is 1. The quantitative estimate of drug-likeness (QED) is 0.721. The molecule has 7 nitrogen and oxygen atoms in total. The topological polar surface area (TPSA) is 104 Å². The summed E-state index contributed by atoms with van der Waals surface area (Å²) >= 11 is 3.86. The van der Waals surface area contributed by atoms with E-state index in [0.29, 0.717) is 6.54 Å². The molecule has 0 spiro atoms. The van der Waals surface area contributed by atoms with E-state index >= 15 is 0 Å². The van der Waals surface area contributed by atoms with Gasteiger partial charge in [0.15, 0.2) is 0 Å².